The van der Waals surface area contributed by atoms with E-state index in [2.05, 4.69) is 0 Å². The van der Waals surface area contributed by atoms with Crippen molar-refractivity contribution in [2.24, 2.45) is 0 Å². The first-order valence-electron chi connectivity index (χ1n) is 6.87. The Labute approximate surface area is 127 Å². The third-order valence-electron chi connectivity index (χ3n) is 3.38. The van der Waals surface area contributed by atoms with Crippen LogP contribution in [0.5, 0.6) is 11.5 Å². The molecule has 2 heterocycles. The molecule has 21 heavy (non-hydrogen) atoms. The van der Waals surface area contributed by atoms with Gasteiger partial charge in [0.15, 0.2) is 17.6 Å². The van der Waals surface area contributed by atoms with Crippen LogP contribution in [0.15, 0.2) is 41.8 Å². The fourth-order valence-corrected chi connectivity index (χ4v) is 2.95. The maximum absolute atomic E-state index is 12.2. The van der Waals surface area contributed by atoms with E-state index in [9.17, 15) is 4.79 Å². The molecule has 1 amide bonds. The Balaban J connectivity index is 1.56. The predicted molar refractivity (Wildman–Crippen MR) is 82.0 cm³/mol. The molecular formula is C16H17NO3S. The molecule has 0 N–H and O–H groups in total. The Kier molecular flexibility index (Phi) is 4.10. The Hall–Kier alpha value is -2.01. The fourth-order valence-electron chi connectivity index (χ4n) is 2.26. The van der Waals surface area contributed by atoms with Crippen molar-refractivity contribution in [2.45, 2.75) is 12.5 Å². The Morgan fingerprint density at radius 1 is 1.29 bits per heavy atom. The summed E-state index contributed by atoms with van der Waals surface area (Å²) in [5.41, 5.74) is 0. The molecule has 0 saturated carbocycles. The Bertz CT molecular complexity index is 612. The van der Waals surface area contributed by atoms with Crippen LogP contribution in [-0.4, -0.2) is 37.1 Å². The molecule has 1 atom stereocenters. The molecule has 1 unspecified atom stereocenters. The molecule has 2 aromatic rings. The van der Waals surface area contributed by atoms with Gasteiger partial charge in [0, 0.05) is 11.9 Å². The van der Waals surface area contributed by atoms with E-state index in [1.54, 1.807) is 23.3 Å². The first-order chi connectivity index (χ1) is 10.2. The Morgan fingerprint density at radius 2 is 2.10 bits per heavy atom. The van der Waals surface area contributed by atoms with E-state index in [-0.39, 0.29) is 12.0 Å². The number of rotatable bonds is 4. The second-order valence-corrected chi connectivity index (χ2v) is 6.06. The number of ether oxygens (including phenoxy) is 2. The van der Waals surface area contributed by atoms with E-state index in [1.165, 1.54) is 0 Å². The van der Waals surface area contributed by atoms with Gasteiger partial charge >= 0.3 is 0 Å². The third-order valence-corrected chi connectivity index (χ3v) is 4.25. The van der Waals surface area contributed by atoms with Crippen LogP contribution in [0.4, 0.5) is 0 Å². The number of thiophene rings is 1. The summed E-state index contributed by atoms with van der Waals surface area (Å²) < 4.78 is 11.5. The zero-order chi connectivity index (χ0) is 14.7. The van der Waals surface area contributed by atoms with E-state index in [1.807, 2.05) is 41.8 Å². The van der Waals surface area contributed by atoms with E-state index < -0.39 is 0 Å². The van der Waals surface area contributed by atoms with Crippen LogP contribution in [0.25, 0.3) is 0 Å². The van der Waals surface area contributed by atoms with Crippen molar-refractivity contribution in [1.29, 1.82) is 0 Å². The van der Waals surface area contributed by atoms with Gasteiger partial charge in [-0.1, -0.05) is 18.2 Å². The van der Waals surface area contributed by atoms with Gasteiger partial charge in [0.2, 0.25) is 5.91 Å². The van der Waals surface area contributed by atoms with Gasteiger partial charge in [0.25, 0.3) is 0 Å². The van der Waals surface area contributed by atoms with Gasteiger partial charge in [-0.05, 0) is 23.6 Å². The SMILES string of the molecule is CN(CC1COc2ccccc2O1)C(=O)Cc1cccs1. The molecule has 1 aromatic carbocycles. The summed E-state index contributed by atoms with van der Waals surface area (Å²) in [6.07, 6.45) is 0.315. The van der Waals surface area contributed by atoms with Crippen LogP contribution in [0.2, 0.25) is 0 Å². The van der Waals surface area contributed by atoms with Crippen molar-refractivity contribution < 1.29 is 14.3 Å². The summed E-state index contributed by atoms with van der Waals surface area (Å²) in [4.78, 5) is 15.0. The summed E-state index contributed by atoms with van der Waals surface area (Å²) in [5, 5.41) is 1.98. The normalized spacial score (nSPS) is 16.5. The van der Waals surface area contributed by atoms with Gasteiger partial charge in [-0.3, -0.25) is 4.79 Å². The molecule has 0 radical (unpaired) electrons. The van der Waals surface area contributed by atoms with E-state index >= 15 is 0 Å². The monoisotopic (exact) mass is 303 g/mol. The van der Waals surface area contributed by atoms with Crippen molar-refractivity contribution in [3.8, 4) is 11.5 Å². The van der Waals surface area contributed by atoms with Crippen LogP contribution in [0, 0.1) is 0 Å². The first-order valence-corrected chi connectivity index (χ1v) is 7.75. The number of nitrogens with zero attached hydrogens (tertiary/aromatic N) is 1. The van der Waals surface area contributed by atoms with Crippen LogP contribution in [-0.2, 0) is 11.2 Å². The lowest BCUT2D eigenvalue weighted by atomic mass is 10.2. The molecule has 4 nitrogen and oxygen atoms in total. The highest BCUT2D eigenvalue weighted by Gasteiger charge is 2.23. The molecule has 3 rings (SSSR count). The van der Waals surface area contributed by atoms with Gasteiger partial charge in [-0.15, -0.1) is 11.3 Å². The molecular weight excluding hydrogens is 286 g/mol. The van der Waals surface area contributed by atoms with Crippen LogP contribution < -0.4 is 9.47 Å². The average molecular weight is 303 g/mol. The molecule has 1 aromatic heterocycles. The first kappa shape index (κ1) is 13.9. The number of amides is 1. The minimum atomic E-state index is -0.128. The maximum Gasteiger partial charge on any atom is 0.227 e. The smallest absolute Gasteiger partial charge is 0.227 e. The summed E-state index contributed by atoms with van der Waals surface area (Å²) in [6, 6.07) is 11.5. The van der Waals surface area contributed by atoms with Crippen molar-refractivity contribution in [1.82, 2.24) is 4.90 Å². The third kappa shape index (κ3) is 3.36. The van der Waals surface area contributed by atoms with Crippen molar-refractivity contribution >= 4 is 17.2 Å². The number of fused-ring (bicyclic) bond motifs is 1. The largest absolute Gasteiger partial charge is 0.486 e. The number of carbonyl (C=O) groups excluding carboxylic acids is 1. The van der Waals surface area contributed by atoms with Gasteiger partial charge < -0.3 is 14.4 Å². The lowest BCUT2D eigenvalue weighted by Crippen LogP contribution is -2.42. The molecule has 1 aliphatic rings. The number of hydrogen-bond donors (Lipinski definition) is 0. The highest BCUT2D eigenvalue weighted by molar-refractivity contribution is 7.10. The summed E-state index contributed by atoms with van der Waals surface area (Å²) in [7, 11) is 1.81. The molecule has 0 spiro atoms. The molecule has 0 saturated heterocycles. The van der Waals surface area contributed by atoms with E-state index in [0.717, 1.165) is 16.4 Å². The lowest BCUT2D eigenvalue weighted by molar-refractivity contribution is -0.130. The van der Waals surface area contributed by atoms with E-state index in [0.29, 0.717) is 19.6 Å². The molecule has 0 bridgehead atoms. The topological polar surface area (TPSA) is 38.8 Å². The van der Waals surface area contributed by atoms with Crippen molar-refractivity contribution in [2.75, 3.05) is 20.2 Å². The summed E-state index contributed by atoms with van der Waals surface area (Å²) >= 11 is 1.60. The minimum absolute atomic E-state index is 0.0971. The van der Waals surface area contributed by atoms with Crippen molar-refractivity contribution in [3.05, 3.63) is 46.7 Å². The minimum Gasteiger partial charge on any atom is -0.486 e. The zero-order valence-corrected chi connectivity index (χ0v) is 12.6. The second kappa shape index (κ2) is 6.18. The number of para-hydroxylation sites is 2. The predicted octanol–water partition coefficient (Wildman–Crippen LogP) is 2.59. The van der Waals surface area contributed by atoms with Crippen LogP contribution in [0.3, 0.4) is 0 Å². The van der Waals surface area contributed by atoms with Gasteiger partial charge in [0.1, 0.15) is 6.61 Å². The maximum atomic E-state index is 12.2. The number of carbonyl (C=O) groups is 1. The highest BCUT2D eigenvalue weighted by Crippen LogP contribution is 2.30. The zero-order valence-electron chi connectivity index (χ0n) is 11.8. The van der Waals surface area contributed by atoms with Gasteiger partial charge in [-0.25, -0.2) is 0 Å². The quantitative estimate of drug-likeness (QED) is 0.871. The summed E-state index contributed by atoms with van der Waals surface area (Å²) in [6.45, 7) is 0.992. The number of hydrogen-bond acceptors (Lipinski definition) is 4. The summed E-state index contributed by atoms with van der Waals surface area (Å²) in [5.74, 6) is 1.61. The molecule has 110 valence electrons. The average Bonchev–Trinajstić information content (AvgIpc) is 3.00. The lowest BCUT2D eigenvalue weighted by Gasteiger charge is -2.29. The molecule has 1 aliphatic heterocycles. The highest BCUT2D eigenvalue weighted by atomic mass is 32.1. The molecule has 5 heteroatoms. The molecule has 0 fully saturated rings. The van der Waals surface area contributed by atoms with Crippen LogP contribution in [0.1, 0.15) is 4.88 Å². The standard InChI is InChI=1S/C16H17NO3S/c1-17(16(18)9-13-5-4-8-21-13)10-12-11-19-14-6-2-3-7-15(14)20-12/h2-8,12H,9-11H2,1H3. The number of benzene rings is 1. The van der Waals surface area contributed by atoms with Crippen molar-refractivity contribution in [3.63, 3.8) is 0 Å². The van der Waals surface area contributed by atoms with Crippen LogP contribution >= 0.6 is 11.3 Å². The van der Waals surface area contributed by atoms with Gasteiger partial charge in [0.05, 0.1) is 13.0 Å². The van der Waals surface area contributed by atoms with Gasteiger partial charge in [-0.2, -0.15) is 0 Å². The molecule has 0 aliphatic carbocycles. The second-order valence-electron chi connectivity index (χ2n) is 5.03. The number of likely N-dealkylation sites (N-methyl/N-ethyl adjacent to an activating group) is 1. The Morgan fingerprint density at radius 3 is 2.86 bits per heavy atom. The fraction of sp³-hybridized carbons (Fsp3) is 0.312. The van der Waals surface area contributed by atoms with E-state index in [4.69, 9.17) is 9.47 Å².